The zero-order valence-corrected chi connectivity index (χ0v) is 7.87. The second-order valence-electron chi connectivity index (χ2n) is 2.59. The highest BCUT2D eigenvalue weighted by atomic mass is 16.5. The van der Waals surface area contributed by atoms with E-state index in [4.69, 9.17) is 5.11 Å². The molecule has 0 bridgehead atoms. The molecule has 0 heterocycles. The molecule has 0 spiro atoms. The maximum atomic E-state index is 10.9. The summed E-state index contributed by atoms with van der Waals surface area (Å²) < 4.78 is 4.26. The normalized spacial score (nSPS) is 11.9. The number of hydrogen-bond donors (Lipinski definition) is 2. The van der Waals surface area contributed by atoms with Gasteiger partial charge in [0.2, 0.25) is 5.91 Å². The first-order valence-electron chi connectivity index (χ1n) is 4.14. The fraction of sp³-hybridized carbons (Fsp3) is 0.750. The van der Waals surface area contributed by atoms with Gasteiger partial charge in [0.1, 0.15) is 0 Å². The zero-order valence-electron chi connectivity index (χ0n) is 7.87. The molecule has 0 saturated heterocycles. The highest BCUT2D eigenvalue weighted by molar-refractivity contribution is 5.78. The van der Waals surface area contributed by atoms with Crippen molar-refractivity contribution < 1.29 is 19.4 Å². The molecular formula is C8H15NO4. The fourth-order valence-electron chi connectivity index (χ4n) is 0.745. The molecule has 1 unspecified atom stereocenters. The van der Waals surface area contributed by atoms with E-state index >= 15 is 0 Å². The van der Waals surface area contributed by atoms with E-state index in [0.29, 0.717) is 6.42 Å². The first-order chi connectivity index (χ1) is 6.11. The molecule has 0 radical (unpaired) electrons. The summed E-state index contributed by atoms with van der Waals surface area (Å²) in [6, 6.07) is 0. The fourth-order valence-corrected chi connectivity index (χ4v) is 0.745. The highest BCUT2D eigenvalue weighted by Gasteiger charge is 2.15. The molecule has 0 rings (SSSR count). The number of methoxy groups -OCH3 is 1. The number of rotatable bonds is 5. The average Bonchev–Trinajstić information content (AvgIpc) is 2.13. The van der Waals surface area contributed by atoms with Gasteiger partial charge >= 0.3 is 5.97 Å². The van der Waals surface area contributed by atoms with E-state index in [0.717, 1.165) is 6.42 Å². The van der Waals surface area contributed by atoms with E-state index in [-0.39, 0.29) is 12.5 Å². The van der Waals surface area contributed by atoms with Gasteiger partial charge in [-0.3, -0.25) is 4.79 Å². The molecule has 0 aromatic carbocycles. The van der Waals surface area contributed by atoms with Crippen molar-refractivity contribution in [3.63, 3.8) is 0 Å². The lowest BCUT2D eigenvalue weighted by Crippen LogP contribution is -2.37. The van der Waals surface area contributed by atoms with Gasteiger partial charge < -0.3 is 15.2 Å². The predicted molar refractivity (Wildman–Crippen MR) is 45.9 cm³/mol. The van der Waals surface area contributed by atoms with E-state index < -0.39 is 12.1 Å². The van der Waals surface area contributed by atoms with Crippen molar-refractivity contribution in [2.24, 2.45) is 0 Å². The number of carbonyl (C=O) groups excluding carboxylic acids is 2. The molecule has 5 nitrogen and oxygen atoms in total. The van der Waals surface area contributed by atoms with Gasteiger partial charge in [-0.05, 0) is 6.42 Å². The van der Waals surface area contributed by atoms with Crippen molar-refractivity contribution in [2.45, 2.75) is 25.9 Å². The van der Waals surface area contributed by atoms with Gasteiger partial charge in [0, 0.05) is 6.42 Å². The average molecular weight is 189 g/mol. The van der Waals surface area contributed by atoms with Crippen LogP contribution in [0.3, 0.4) is 0 Å². The Morgan fingerprint density at radius 2 is 2.15 bits per heavy atom. The van der Waals surface area contributed by atoms with Crippen LogP contribution in [0.2, 0.25) is 0 Å². The van der Waals surface area contributed by atoms with Gasteiger partial charge in [0.05, 0.1) is 13.7 Å². The van der Waals surface area contributed by atoms with Crippen LogP contribution in [-0.2, 0) is 14.3 Å². The largest absolute Gasteiger partial charge is 0.467 e. The molecule has 2 N–H and O–H groups in total. The van der Waals surface area contributed by atoms with Gasteiger partial charge in [0.25, 0.3) is 0 Å². The smallest absolute Gasteiger partial charge is 0.336 e. The molecule has 0 saturated carbocycles. The van der Waals surface area contributed by atoms with Crippen LogP contribution >= 0.6 is 0 Å². The van der Waals surface area contributed by atoms with Gasteiger partial charge in [-0.15, -0.1) is 0 Å². The van der Waals surface area contributed by atoms with E-state index in [9.17, 15) is 9.59 Å². The van der Waals surface area contributed by atoms with Crippen LogP contribution in [0.1, 0.15) is 19.8 Å². The highest BCUT2D eigenvalue weighted by Crippen LogP contribution is 1.88. The van der Waals surface area contributed by atoms with Crippen LogP contribution < -0.4 is 5.32 Å². The predicted octanol–water partition coefficient (Wildman–Crippen LogP) is -0.563. The first kappa shape index (κ1) is 11.9. The molecular weight excluding hydrogens is 174 g/mol. The maximum Gasteiger partial charge on any atom is 0.336 e. The second-order valence-corrected chi connectivity index (χ2v) is 2.59. The molecule has 1 amide bonds. The Balaban J connectivity index is 3.63. The van der Waals surface area contributed by atoms with Crippen LogP contribution in [0.25, 0.3) is 0 Å². The Kier molecular flexibility index (Phi) is 5.88. The summed E-state index contributed by atoms with van der Waals surface area (Å²) in [6.07, 6.45) is -0.139. The van der Waals surface area contributed by atoms with Crippen LogP contribution in [0, 0.1) is 0 Å². The minimum absolute atomic E-state index is 0.0918. The zero-order chi connectivity index (χ0) is 10.3. The van der Waals surface area contributed by atoms with Crippen LogP contribution in [-0.4, -0.2) is 36.7 Å². The molecule has 0 aliphatic rings. The Hall–Kier alpha value is -1.10. The molecule has 1 atom stereocenters. The van der Waals surface area contributed by atoms with Crippen LogP contribution in [0.15, 0.2) is 0 Å². The third-order valence-corrected chi connectivity index (χ3v) is 1.44. The SMILES string of the molecule is CCCC(=O)NCC(O)C(=O)OC. The van der Waals surface area contributed by atoms with Crippen molar-refractivity contribution in [1.29, 1.82) is 0 Å². The van der Waals surface area contributed by atoms with E-state index in [1.807, 2.05) is 6.92 Å². The Morgan fingerprint density at radius 1 is 1.54 bits per heavy atom. The van der Waals surface area contributed by atoms with Gasteiger partial charge in [0.15, 0.2) is 6.10 Å². The van der Waals surface area contributed by atoms with Gasteiger partial charge in [-0.25, -0.2) is 4.79 Å². The Labute approximate surface area is 77.1 Å². The number of ether oxygens (including phenoxy) is 1. The summed E-state index contributed by atoms with van der Waals surface area (Å²) in [6.45, 7) is 1.78. The number of hydrogen-bond acceptors (Lipinski definition) is 4. The lowest BCUT2D eigenvalue weighted by Gasteiger charge is -2.08. The molecule has 13 heavy (non-hydrogen) atoms. The standard InChI is InChI=1S/C8H15NO4/c1-3-4-7(11)9-5-6(10)8(12)13-2/h6,10H,3-5H2,1-2H3,(H,9,11). The summed E-state index contributed by atoms with van der Waals surface area (Å²) in [5.74, 6) is -0.915. The molecule has 5 heteroatoms. The lowest BCUT2D eigenvalue weighted by atomic mass is 10.3. The molecule has 0 aliphatic carbocycles. The number of amides is 1. The van der Waals surface area contributed by atoms with E-state index in [2.05, 4.69) is 10.1 Å². The minimum Gasteiger partial charge on any atom is -0.467 e. The summed E-state index contributed by atoms with van der Waals surface area (Å²) >= 11 is 0. The quantitative estimate of drug-likeness (QED) is 0.568. The molecule has 0 fully saturated rings. The summed E-state index contributed by atoms with van der Waals surface area (Å²) in [4.78, 5) is 21.5. The number of aliphatic hydroxyl groups excluding tert-OH is 1. The second kappa shape index (κ2) is 6.42. The van der Waals surface area contributed by atoms with Crippen molar-refractivity contribution in [1.82, 2.24) is 5.32 Å². The summed E-state index contributed by atoms with van der Waals surface area (Å²) in [5, 5.41) is 11.5. The maximum absolute atomic E-state index is 10.9. The van der Waals surface area contributed by atoms with Gasteiger partial charge in [-0.2, -0.15) is 0 Å². The Bertz CT molecular complexity index is 181. The summed E-state index contributed by atoms with van der Waals surface area (Å²) in [7, 11) is 1.18. The first-order valence-corrected chi connectivity index (χ1v) is 4.14. The van der Waals surface area contributed by atoms with Crippen molar-refractivity contribution >= 4 is 11.9 Å². The van der Waals surface area contributed by atoms with Crippen molar-refractivity contribution in [3.8, 4) is 0 Å². The van der Waals surface area contributed by atoms with E-state index in [1.54, 1.807) is 0 Å². The van der Waals surface area contributed by atoms with E-state index in [1.165, 1.54) is 7.11 Å². The molecule has 0 aromatic heterocycles. The van der Waals surface area contributed by atoms with Crippen molar-refractivity contribution in [3.05, 3.63) is 0 Å². The summed E-state index contributed by atoms with van der Waals surface area (Å²) in [5.41, 5.74) is 0. The third kappa shape index (κ3) is 5.19. The molecule has 76 valence electrons. The molecule has 0 aliphatic heterocycles. The Morgan fingerprint density at radius 3 is 2.62 bits per heavy atom. The van der Waals surface area contributed by atoms with Crippen LogP contribution in [0.5, 0.6) is 0 Å². The number of aliphatic hydroxyl groups is 1. The van der Waals surface area contributed by atoms with Crippen LogP contribution in [0.4, 0.5) is 0 Å². The topological polar surface area (TPSA) is 75.6 Å². The monoisotopic (exact) mass is 189 g/mol. The number of carbonyl (C=O) groups is 2. The molecule has 0 aromatic rings. The number of nitrogens with one attached hydrogen (secondary N) is 1. The lowest BCUT2D eigenvalue weighted by molar-refractivity contribution is -0.150. The number of esters is 1. The van der Waals surface area contributed by atoms with Crippen molar-refractivity contribution in [2.75, 3.05) is 13.7 Å². The third-order valence-electron chi connectivity index (χ3n) is 1.44. The van der Waals surface area contributed by atoms with Gasteiger partial charge in [-0.1, -0.05) is 6.92 Å². The minimum atomic E-state index is -1.27.